The lowest BCUT2D eigenvalue weighted by molar-refractivity contribution is -0.120. The Kier molecular flexibility index (Phi) is 5.86. The van der Waals surface area contributed by atoms with Crippen molar-refractivity contribution in [3.63, 3.8) is 0 Å². The van der Waals surface area contributed by atoms with E-state index in [1.807, 2.05) is 102 Å². The number of nitrogens with zero attached hydrogens (tertiary/aromatic N) is 5. The summed E-state index contributed by atoms with van der Waals surface area (Å²) in [4.78, 5) is 25.1. The summed E-state index contributed by atoms with van der Waals surface area (Å²) in [5.41, 5.74) is 3.69. The predicted octanol–water partition coefficient (Wildman–Crippen LogP) is 5.45. The van der Waals surface area contributed by atoms with Crippen LogP contribution >= 0.6 is 0 Å². The average Bonchev–Trinajstić information content (AvgIpc) is 3.58. The van der Waals surface area contributed by atoms with Crippen molar-refractivity contribution in [2.24, 2.45) is 0 Å². The molecule has 4 heterocycles. The summed E-state index contributed by atoms with van der Waals surface area (Å²) in [6.45, 7) is 0.331. The number of hydrogen-bond acceptors (Lipinski definition) is 6. The summed E-state index contributed by atoms with van der Waals surface area (Å²) in [7, 11) is 0. The van der Waals surface area contributed by atoms with Gasteiger partial charge in [-0.2, -0.15) is 0 Å². The molecule has 4 aromatic heterocycles. The maximum Gasteiger partial charge on any atom is 0.224 e. The van der Waals surface area contributed by atoms with E-state index in [0.29, 0.717) is 18.2 Å². The SMILES string of the molecule is O=C(Cc1cn(-c2ccc(Nc3nccc4ccccc34)nn2)c2ccccc12)NCc1nc2ccccc2[nH]1. The molecule has 40 heavy (non-hydrogen) atoms. The zero-order valence-corrected chi connectivity index (χ0v) is 21.4. The number of aromatic amines is 1. The summed E-state index contributed by atoms with van der Waals surface area (Å²) < 4.78 is 1.96. The Morgan fingerprint density at radius 2 is 1.68 bits per heavy atom. The molecular weight excluding hydrogens is 500 g/mol. The average molecular weight is 525 g/mol. The number of carbonyl (C=O) groups excluding carboxylic acids is 1. The number of anilines is 2. The number of nitrogens with one attached hydrogen (secondary N) is 3. The number of fused-ring (bicyclic) bond motifs is 3. The first-order valence-electron chi connectivity index (χ1n) is 13.0. The van der Waals surface area contributed by atoms with Crippen molar-refractivity contribution in [2.75, 3.05) is 5.32 Å². The molecule has 0 aliphatic carbocycles. The lowest BCUT2D eigenvalue weighted by Gasteiger charge is -2.08. The van der Waals surface area contributed by atoms with Gasteiger partial charge in [-0.25, -0.2) is 9.97 Å². The smallest absolute Gasteiger partial charge is 0.224 e. The van der Waals surface area contributed by atoms with Gasteiger partial charge in [0.2, 0.25) is 5.91 Å². The zero-order valence-electron chi connectivity index (χ0n) is 21.4. The Morgan fingerprint density at radius 1 is 0.850 bits per heavy atom. The van der Waals surface area contributed by atoms with E-state index in [4.69, 9.17) is 0 Å². The van der Waals surface area contributed by atoms with Crippen molar-refractivity contribution >= 4 is 50.3 Å². The van der Waals surface area contributed by atoms with Crippen LogP contribution < -0.4 is 10.6 Å². The van der Waals surface area contributed by atoms with Crippen LogP contribution in [0.25, 0.3) is 38.5 Å². The van der Waals surface area contributed by atoms with Crippen molar-refractivity contribution in [3.8, 4) is 5.82 Å². The monoisotopic (exact) mass is 524 g/mol. The lowest BCUT2D eigenvalue weighted by Crippen LogP contribution is -2.25. The number of imidazole rings is 1. The van der Waals surface area contributed by atoms with Crippen LogP contribution in [0.15, 0.2) is 103 Å². The molecule has 0 aliphatic rings. The minimum Gasteiger partial charge on any atom is -0.349 e. The van der Waals surface area contributed by atoms with E-state index in [1.54, 1.807) is 6.20 Å². The third-order valence-electron chi connectivity index (χ3n) is 6.85. The highest BCUT2D eigenvalue weighted by molar-refractivity contribution is 5.93. The second kappa shape index (κ2) is 9.95. The van der Waals surface area contributed by atoms with Crippen molar-refractivity contribution in [1.82, 2.24) is 35.0 Å². The molecule has 0 unspecified atom stereocenters. The number of amides is 1. The fraction of sp³-hybridized carbons (Fsp3) is 0.0645. The number of H-pyrrole nitrogens is 1. The van der Waals surface area contributed by atoms with E-state index in [9.17, 15) is 4.79 Å². The molecule has 3 N–H and O–H groups in total. The molecule has 0 fully saturated rings. The molecule has 7 aromatic rings. The van der Waals surface area contributed by atoms with E-state index >= 15 is 0 Å². The maximum atomic E-state index is 12.9. The van der Waals surface area contributed by atoms with Crippen LogP contribution in [0.3, 0.4) is 0 Å². The minimum atomic E-state index is -0.0865. The Morgan fingerprint density at radius 3 is 2.55 bits per heavy atom. The lowest BCUT2D eigenvalue weighted by atomic mass is 10.1. The number of pyridine rings is 1. The topological polar surface area (TPSA) is 113 Å². The fourth-order valence-electron chi connectivity index (χ4n) is 4.95. The van der Waals surface area contributed by atoms with Crippen LogP contribution in [0.2, 0.25) is 0 Å². The third-order valence-corrected chi connectivity index (χ3v) is 6.85. The van der Waals surface area contributed by atoms with Gasteiger partial charge in [0.15, 0.2) is 11.6 Å². The number of benzene rings is 3. The Balaban J connectivity index is 1.10. The van der Waals surface area contributed by atoms with Gasteiger partial charge in [0, 0.05) is 23.2 Å². The van der Waals surface area contributed by atoms with E-state index < -0.39 is 0 Å². The summed E-state index contributed by atoms with van der Waals surface area (Å²) >= 11 is 0. The molecule has 0 atom stereocenters. The van der Waals surface area contributed by atoms with Gasteiger partial charge in [0.05, 0.1) is 29.5 Å². The molecule has 0 radical (unpaired) electrons. The number of para-hydroxylation sites is 3. The summed E-state index contributed by atoms with van der Waals surface area (Å²) in [6, 6.07) is 29.6. The first kappa shape index (κ1) is 23.5. The highest BCUT2D eigenvalue weighted by Gasteiger charge is 2.15. The van der Waals surface area contributed by atoms with Gasteiger partial charge in [0.25, 0.3) is 0 Å². The molecule has 9 nitrogen and oxygen atoms in total. The Hall–Kier alpha value is -5.57. The van der Waals surface area contributed by atoms with Crippen LogP contribution in [0, 0.1) is 0 Å². The molecule has 3 aromatic carbocycles. The van der Waals surface area contributed by atoms with Gasteiger partial charge < -0.3 is 15.6 Å². The van der Waals surface area contributed by atoms with Crippen molar-refractivity contribution < 1.29 is 4.79 Å². The van der Waals surface area contributed by atoms with Crippen LogP contribution in [0.1, 0.15) is 11.4 Å². The van der Waals surface area contributed by atoms with E-state index in [0.717, 1.165) is 49.9 Å². The normalized spacial score (nSPS) is 11.3. The van der Waals surface area contributed by atoms with Gasteiger partial charge in [-0.15, -0.1) is 10.2 Å². The summed E-state index contributed by atoms with van der Waals surface area (Å²) in [5.74, 6) is 2.61. The molecule has 1 amide bonds. The largest absolute Gasteiger partial charge is 0.349 e. The van der Waals surface area contributed by atoms with Gasteiger partial charge in [-0.3, -0.25) is 9.36 Å². The van der Waals surface area contributed by atoms with Gasteiger partial charge >= 0.3 is 0 Å². The molecule has 194 valence electrons. The second-order valence-corrected chi connectivity index (χ2v) is 9.48. The second-order valence-electron chi connectivity index (χ2n) is 9.48. The summed E-state index contributed by atoms with van der Waals surface area (Å²) in [6.07, 6.45) is 3.95. The Labute approximate surface area is 228 Å². The van der Waals surface area contributed by atoms with Crippen LogP contribution in [0.4, 0.5) is 11.6 Å². The molecule has 0 spiro atoms. The zero-order chi connectivity index (χ0) is 26.9. The molecule has 0 aliphatic heterocycles. The van der Waals surface area contributed by atoms with Gasteiger partial charge in [-0.1, -0.05) is 54.6 Å². The molecule has 7 rings (SSSR count). The van der Waals surface area contributed by atoms with Gasteiger partial charge in [-0.05, 0) is 47.3 Å². The molecule has 0 saturated carbocycles. The van der Waals surface area contributed by atoms with Crippen molar-refractivity contribution in [2.45, 2.75) is 13.0 Å². The first-order chi connectivity index (χ1) is 19.7. The molecule has 0 saturated heterocycles. The quantitative estimate of drug-likeness (QED) is 0.256. The first-order valence-corrected chi connectivity index (χ1v) is 13.0. The van der Waals surface area contributed by atoms with E-state index in [1.165, 1.54) is 0 Å². The predicted molar refractivity (Wildman–Crippen MR) is 156 cm³/mol. The van der Waals surface area contributed by atoms with Gasteiger partial charge in [0.1, 0.15) is 11.6 Å². The summed E-state index contributed by atoms with van der Waals surface area (Å²) in [5, 5.41) is 18.2. The highest BCUT2D eigenvalue weighted by Crippen LogP contribution is 2.26. The molecule has 0 bridgehead atoms. The maximum absolute atomic E-state index is 12.9. The molecule has 9 heteroatoms. The van der Waals surface area contributed by atoms with Crippen LogP contribution in [-0.2, 0) is 17.8 Å². The third kappa shape index (κ3) is 4.49. The van der Waals surface area contributed by atoms with Crippen LogP contribution in [0.5, 0.6) is 0 Å². The standard InChI is InChI=1S/C31H24N8O/c40-30(33-18-28-34-24-10-4-5-11-25(24)35-28)17-21-19-39(26-12-6-3-8-22(21)26)29-14-13-27(37-38-29)36-31-23-9-2-1-7-20(23)15-16-32-31/h1-16,19H,17-18H2,(H,33,40)(H,34,35)(H,32,36,37). The minimum absolute atomic E-state index is 0.0865. The number of aromatic nitrogens is 6. The number of carbonyl (C=O) groups is 1. The van der Waals surface area contributed by atoms with Crippen molar-refractivity contribution in [1.29, 1.82) is 0 Å². The van der Waals surface area contributed by atoms with Crippen molar-refractivity contribution in [3.05, 3.63) is 115 Å². The Bertz CT molecular complexity index is 1950. The van der Waals surface area contributed by atoms with E-state index in [2.05, 4.69) is 35.8 Å². The van der Waals surface area contributed by atoms with Crippen LogP contribution in [-0.4, -0.2) is 35.6 Å². The van der Waals surface area contributed by atoms with E-state index in [-0.39, 0.29) is 12.3 Å². The fourth-order valence-corrected chi connectivity index (χ4v) is 4.95. The highest BCUT2D eigenvalue weighted by atomic mass is 16.1. The number of hydrogen-bond donors (Lipinski definition) is 3. The molecular formula is C31H24N8O. The number of rotatable bonds is 7.